The summed E-state index contributed by atoms with van der Waals surface area (Å²) in [5.74, 6) is 0.971. The van der Waals surface area contributed by atoms with E-state index in [-0.39, 0.29) is 5.69 Å². The van der Waals surface area contributed by atoms with Gasteiger partial charge in [-0.1, -0.05) is 30.3 Å². The molecule has 0 aliphatic heterocycles. The number of benzene rings is 2. The summed E-state index contributed by atoms with van der Waals surface area (Å²) in [5, 5.41) is 14.3. The van der Waals surface area contributed by atoms with Crippen molar-refractivity contribution in [3.05, 3.63) is 69.8 Å². The molecule has 7 heteroatoms. The lowest BCUT2D eigenvalue weighted by molar-refractivity contribution is -0.384. The van der Waals surface area contributed by atoms with Gasteiger partial charge in [-0.05, 0) is 23.8 Å². The Morgan fingerprint density at radius 1 is 1.38 bits per heavy atom. The van der Waals surface area contributed by atoms with Crippen LogP contribution < -0.4 is 14.8 Å². The predicted molar refractivity (Wildman–Crippen MR) is 94.1 cm³/mol. The van der Waals surface area contributed by atoms with E-state index in [2.05, 4.69) is 11.9 Å². The van der Waals surface area contributed by atoms with Crippen molar-refractivity contribution >= 4 is 23.0 Å². The maximum Gasteiger partial charge on any atom is 0.271 e. The number of nitrogens with zero attached hydrogens (tertiary/aromatic N) is 1. The van der Waals surface area contributed by atoms with Crippen LogP contribution in [0.15, 0.2) is 49.1 Å². The standard InChI is InChI=1S/C17H17ClN2O4/c1-3-7-24-17-15(18)8-12(9-16(17)23-2)11-19-13-5-4-6-14(10-13)20(21)22/h3-6,8-10,19H,1,7,11H2,2H3. The molecular weight excluding hydrogens is 332 g/mol. The van der Waals surface area contributed by atoms with E-state index < -0.39 is 4.92 Å². The highest BCUT2D eigenvalue weighted by molar-refractivity contribution is 6.32. The molecule has 126 valence electrons. The average molecular weight is 349 g/mol. The van der Waals surface area contributed by atoms with Gasteiger partial charge >= 0.3 is 0 Å². The van der Waals surface area contributed by atoms with Gasteiger partial charge in [0.1, 0.15) is 6.61 Å². The predicted octanol–water partition coefficient (Wildman–Crippen LogP) is 4.43. The second-order valence-corrected chi connectivity index (χ2v) is 5.28. The van der Waals surface area contributed by atoms with Gasteiger partial charge in [0.05, 0.1) is 17.1 Å². The maximum atomic E-state index is 10.8. The van der Waals surface area contributed by atoms with Crippen LogP contribution in [0, 0.1) is 10.1 Å². The zero-order chi connectivity index (χ0) is 17.5. The van der Waals surface area contributed by atoms with Crippen LogP contribution >= 0.6 is 11.6 Å². The van der Waals surface area contributed by atoms with Crippen LogP contribution in [-0.4, -0.2) is 18.6 Å². The van der Waals surface area contributed by atoms with E-state index in [0.29, 0.717) is 35.4 Å². The number of ether oxygens (including phenoxy) is 2. The van der Waals surface area contributed by atoms with Gasteiger partial charge in [-0.15, -0.1) is 0 Å². The molecule has 2 rings (SSSR count). The summed E-state index contributed by atoms with van der Waals surface area (Å²) in [6.45, 7) is 4.34. The zero-order valence-corrected chi connectivity index (χ0v) is 13.9. The largest absolute Gasteiger partial charge is 0.493 e. The molecule has 0 radical (unpaired) electrons. The molecule has 0 fully saturated rings. The van der Waals surface area contributed by atoms with Crippen molar-refractivity contribution in [2.75, 3.05) is 19.0 Å². The van der Waals surface area contributed by atoms with E-state index in [1.54, 1.807) is 30.3 Å². The summed E-state index contributed by atoms with van der Waals surface area (Å²) in [6.07, 6.45) is 1.62. The van der Waals surface area contributed by atoms with Crippen molar-refractivity contribution < 1.29 is 14.4 Å². The molecule has 0 aliphatic rings. The van der Waals surface area contributed by atoms with E-state index in [1.165, 1.54) is 19.2 Å². The molecule has 0 aliphatic carbocycles. The molecule has 0 saturated carbocycles. The lowest BCUT2D eigenvalue weighted by Gasteiger charge is -2.14. The summed E-state index contributed by atoms with van der Waals surface area (Å²) < 4.78 is 10.8. The second kappa shape index (κ2) is 8.21. The Bertz CT molecular complexity index is 749. The van der Waals surface area contributed by atoms with E-state index in [4.69, 9.17) is 21.1 Å². The summed E-state index contributed by atoms with van der Waals surface area (Å²) in [4.78, 5) is 10.4. The van der Waals surface area contributed by atoms with Crippen LogP contribution in [0.2, 0.25) is 5.02 Å². The average Bonchev–Trinajstić information content (AvgIpc) is 2.58. The first kappa shape index (κ1) is 17.6. The third kappa shape index (κ3) is 4.39. The van der Waals surface area contributed by atoms with E-state index in [1.807, 2.05) is 0 Å². The van der Waals surface area contributed by atoms with Crippen molar-refractivity contribution in [2.45, 2.75) is 6.54 Å². The SMILES string of the molecule is C=CCOc1c(Cl)cc(CNc2cccc([N+](=O)[O-])c2)cc1OC. The van der Waals surface area contributed by atoms with Gasteiger partial charge in [0, 0.05) is 24.4 Å². The second-order valence-electron chi connectivity index (χ2n) is 4.87. The molecule has 0 atom stereocenters. The molecule has 0 saturated heterocycles. The Morgan fingerprint density at radius 2 is 2.17 bits per heavy atom. The first-order valence-electron chi connectivity index (χ1n) is 7.13. The molecule has 24 heavy (non-hydrogen) atoms. The number of nitrogens with one attached hydrogen (secondary N) is 1. The molecule has 0 heterocycles. The van der Waals surface area contributed by atoms with Crippen LogP contribution in [0.4, 0.5) is 11.4 Å². The summed E-state index contributed by atoms with van der Waals surface area (Å²) in [5.41, 5.74) is 1.53. The Kier molecular flexibility index (Phi) is 6.03. The van der Waals surface area contributed by atoms with Gasteiger partial charge in [0.2, 0.25) is 0 Å². The molecule has 2 aromatic carbocycles. The third-order valence-corrected chi connectivity index (χ3v) is 3.47. The van der Waals surface area contributed by atoms with E-state index in [9.17, 15) is 10.1 Å². The lowest BCUT2D eigenvalue weighted by Crippen LogP contribution is -2.02. The molecule has 2 aromatic rings. The normalized spacial score (nSPS) is 10.1. The number of hydrogen-bond donors (Lipinski definition) is 1. The van der Waals surface area contributed by atoms with Crippen LogP contribution in [0.25, 0.3) is 0 Å². The van der Waals surface area contributed by atoms with Crippen LogP contribution in [0.5, 0.6) is 11.5 Å². The van der Waals surface area contributed by atoms with E-state index >= 15 is 0 Å². The molecule has 0 bridgehead atoms. The Morgan fingerprint density at radius 3 is 2.83 bits per heavy atom. The minimum absolute atomic E-state index is 0.0313. The number of halogens is 1. The van der Waals surface area contributed by atoms with Crippen molar-refractivity contribution in [3.8, 4) is 11.5 Å². The Balaban J connectivity index is 2.15. The molecule has 0 unspecified atom stereocenters. The van der Waals surface area contributed by atoms with Gasteiger partial charge in [0.25, 0.3) is 5.69 Å². The van der Waals surface area contributed by atoms with Crippen molar-refractivity contribution in [1.29, 1.82) is 0 Å². The molecular formula is C17H17ClN2O4. The highest BCUT2D eigenvalue weighted by atomic mass is 35.5. The number of nitro benzene ring substituents is 1. The minimum atomic E-state index is -0.434. The highest BCUT2D eigenvalue weighted by Crippen LogP contribution is 2.36. The van der Waals surface area contributed by atoms with Crippen molar-refractivity contribution in [2.24, 2.45) is 0 Å². The Hall–Kier alpha value is -2.73. The van der Waals surface area contributed by atoms with Crippen molar-refractivity contribution in [3.63, 3.8) is 0 Å². The molecule has 0 spiro atoms. The highest BCUT2D eigenvalue weighted by Gasteiger charge is 2.12. The van der Waals surface area contributed by atoms with Gasteiger partial charge < -0.3 is 14.8 Å². The fourth-order valence-corrected chi connectivity index (χ4v) is 2.38. The first-order valence-corrected chi connectivity index (χ1v) is 7.51. The summed E-state index contributed by atoms with van der Waals surface area (Å²) in [6, 6.07) is 9.85. The number of nitro groups is 1. The zero-order valence-electron chi connectivity index (χ0n) is 13.1. The molecule has 0 aromatic heterocycles. The van der Waals surface area contributed by atoms with Crippen LogP contribution in [0.3, 0.4) is 0 Å². The third-order valence-electron chi connectivity index (χ3n) is 3.19. The lowest BCUT2D eigenvalue weighted by atomic mass is 10.2. The topological polar surface area (TPSA) is 73.6 Å². The smallest absolute Gasteiger partial charge is 0.271 e. The van der Waals surface area contributed by atoms with Gasteiger partial charge in [-0.2, -0.15) is 0 Å². The summed E-state index contributed by atoms with van der Waals surface area (Å²) >= 11 is 6.24. The van der Waals surface area contributed by atoms with Gasteiger partial charge in [0.15, 0.2) is 11.5 Å². The molecule has 6 nitrogen and oxygen atoms in total. The molecule has 1 N–H and O–H groups in total. The van der Waals surface area contributed by atoms with Gasteiger partial charge in [-0.3, -0.25) is 10.1 Å². The van der Waals surface area contributed by atoms with Crippen LogP contribution in [0.1, 0.15) is 5.56 Å². The Labute approximate surface area is 144 Å². The monoisotopic (exact) mass is 348 g/mol. The molecule has 0 amide bonds. The maximum absolute atomic E-state index is 10.8. The minimum Gasteiger partial charge on any atom is -0.493 e. The number of hydrogen-bond acceptors (Lipinski definition) is 5. The van der Waals surface area contributed by atoms with Gasteiger partial charge in [-0.25, -0.2) is 0 Å². The number of non-ortho nitro benzene ring substituents is 1. The summed E-state index contributed by atoms with van der Waals surface area (Å²) in [7, 11) is 1.53. The van der Waals surface area contributed by atoms with Crippen LogP contribution in [-0.2, 0) is 6.54 Å². The number of anilines is 1. The fraction of sp³-hybridized carbons (Fsp3) is 0.176. The fourth-order valence-electron chi connectivity index (χ4n) is 2.09. The number of rotatable bonds is 8. The quantitative estimate of drug-likeness (QED) is 0.434. The first-order chi connectivity index (χ1) is 11.5. The van der Waals surface area contributed by atoms with Crippen molar-refractivity contribution in [1.82, 2.24) is 0 Å². The van der Waals surface area contributed by atoms with E-state index in [0.717, 1.165) is 5.56 Å². The number of methoxy groups -OCH3 is 1.